The molecule has 180 valence electrons. The fourth-order valence-corrected chi connectivity index (χ4v) is 5.20. The maximum absolute atomic E-state index is 13.3. The quantitative estimate of drug-likeness (QED) is 0.465. The van der Waals surface area contributed by atoms with Gasteiger partial charge in [0.2, 0.25) is 5.91 Å². The summed E-state index contributed by atoms with van der Waals surface area (Å²) in [5.41, 5.74) is 5.07. The first kappa shape index (κ1) is 25.2. The third-order valence-electron chi connectivity index (χ3n) is 4.89. The summed E-state index contributed by atoms with van der Waals surface area (Å²) in [5.74, 6) is -2.08. The topological polar surface area (TPSA) is 116 Å². The van der Waals surface area contributed by atoms with Crippen molar-refractivity contribution in [2.24, 2.45) is 5.73 Å². The van der Waals surface area contributed by atoms with Gasteiger partial charge < -0.3 is 15.8 Å². The summed E-state index contributed by atoms with van der Waals surface area (Å²) in [6.45, 7) is 4.74. The smallest absolute Gasteiger partial charge is 0.436 e. The molecule has 3 rings (SSSR count). The first-order valence-corrected chi connectivity index (χ1v) is 11.7. The number of alkyl halides is 3. The number of rotatable bonds is 8. The van der Waals surface area contributed by atoms with Crippen molar-refractivity contribution in [2.75, 3.05) is 5.32 Å². The van der Waals surface area contributed by atoms with Crippen LogP contribution in [-0.4, -0.2) is 33.7 Å². The molecule has 8 nitrogen and oxygen atoms in total. The number of nitrogens with two attached hydrogens (primary N) is 1. The number of aryl methyl sites for hydroxylation is 1. The number of carbonyl (C=O) groups is 3. The average Bonchev–Trinajstić information content (AvgIpc) is 3.37. The monoisotopic (exact) mass is 550 g/mol. The van der Waals surface area contributed by atoms with Gasteiger partial charge in [0.25, 0.3) is 5.91 Å². The van der Waals surface area contributed by atoms with Gasteiger partial charge in [0.05, 0.1) is 33.3 Å². The highest BCUT2D eigenvalue weighted by Gasteiger charge is 2.41. The fourth-order valence-electron chi connectivity index (χ4n) is 3.30. The zero-order valence-corrected chi connectivity index (χ0v) is 20.4. The maximum Gasteiger partial charge on any atom is 0.436 e. The highest BCUT2D eigenvalue weighted by molar-refractivity contribution is 9.10. The second-order valence-corrected chi connectivity index (χ2v) is 9.73. The standard InChI is InChI=1S/C20H22BrF3N4O4S/c1-8(2)32-19(31)12-9(3)15(17(25)30)33-18(12)26-11(29)6-7-28-14(10-4-5-10)13(21)16(27-28)20(22,23)24/h8,10H,4-7H2,1-3H3,(H2,25,30)(H,26,29). The van der Waals surface area contributed by atoms with E-state index in [9.17, 15) is 27.6 Å². The highest BCUT2D eigenvalue weighted by atomic mass is 79.9. The number of nitrogens with zero attached hydrogens (tertiary/aromatic N) is 2. The summed E-state index contributed by atoms with van der Waals surface area (Å²) in [6.07, 6.45) is -3.76. The van der Waals surface area contributed by atoms with Crippen LogP contribution in [0, 0.1) is 6.92 Å². The number of hydrogen-bond donors (Lipinski definition) is 2. The SMILES string of the molecule is Cc1c(C(N)=O)sc(NC(=O)CCn2nc(C(F)(F)F)c(Br)c2C2CC2)c1C(=O)OC(C)C. The van der Waals surface area contributed by atoms with Crippen LogP contribution in [0.15, 0.2) is 4.47 Å². The molecule has 0 aromatic carbocycles. The van der Waals surface area contributed by atoms with Gasteiger partial charge in [-0.15, -0.1) is 11.3 Å². The molecule has 0 bridgehead atoms. The molecule has 0 spiro atoms. The summed E-state index contributed by atoms with van der Waals surface area (Å²) in [6, 6.07) is 0. The molecule has 1 saturated carbocycles. The molecule has 0 atom stereocenters. The number of amides is 2. The summed E-state index contributed by atoms with van der Waals surface area (Å²) in [5, 5.41) is 6.33. The molecule has 2 aromatic rings. The molecular formula is C20H22BrF3N4O4S. The van der Waals surface area contributed by atoms with E-state index in [1.165, 1.54) is 11.6 Å². The number of anilines is 1. The van der Waals surface area contributed by atoms with Crippen LogP contribution in [0.3, 0.4) is 0 Å². The molecular weight excluding hydrogens is 529 g/mol. The average molecular weight is 551 g/mol. The van der Waals surface area contributed by atoms with E-state index >= 15 is 0 Å². The number of nitrogens with one attached hydrogen (secondary N) is 1. The Morgan fingerprint density at radius 1 is 1.33 bits per heavy atom. The lowest BCUT2D eigenvalue weighted by atomic mass is 10.1. The molecule has 2 aromatic heterocycles. The number of esters is 1. The lowest BCUT2D eigenvalue weighted by Crippen LogP contribution is -2.19. The molecule has 3 N–H and O–H groups in total. The predicted octanol–water partition coefficient (Wildman–Crippen LogP) is 4.60. The molecule has 1 aliphatic carbocycles. The molecule has 0 unspecified atom stereocenters. The van der Waals surface area contributed by atoms with E-state index in [4.69, 9.17) is 10.5 Å². The van der Waals surface area contributed by atoms with Gasteiger partial charge in [0.1, 0.15) is 5.00 Å². The van der Waals surface area contributed by atoms with Crippen molar-refractivity contribution >= 4 is 50.1 Å². The van der Waals surface area contributed by atoms with Crippen LogP contribution in [0.1, 0.15) is 76.0 Å². The van der Waals surface area contributed by atoms with Gasteiger partial charge in [0, 0.05) is 12.3 Å². The summed E-state index contributed by atoms with van der Waals surface area (Å²) >= 11 is 3.85. The van der Waals surface area contributed by atoms with Gasteiger partial charge in [-0.2, -0.15) is 18.3 Å². The predicted molar refractivity (Wildman–Crippen MR) is 118 cm³/mol. The van der Waals surface area contributed by atoms with Crippen molar-refractivity contribution in [3.8, 4) is 0 Å². The second kappa shape index (κ2) is 9.45. The molecule has 0 aliphatic heterocycles. The maximum atomic E-state index is 13.3. The number of halogens is 4. The van der Waals surface area contributed by atoms with Crippen LogP contribution in [0.4, 0.5) is 18.2 Å². The van der Waals surface area contributed by atoms with Gasteiger partial charge in [-0.1, -0.05) is 0 Å². The Morgan fingerprint density at radius 3 is 2.48 bits per heavy atom. The van der Waals surface area contributed by atoms with Gasteiger partial charge in [-0.3, -0.25) is 14.3 Å². The summed E-state index contributed by atoms with van der Waals surface area (Å²) in [4.78, 5) is 36.9. The minimum Gasteiger partial charge on any atom is -0.459 e. The molecule has 0 radical (unpaired) electrons. The molecule has 2 amide bonds. The minimum atomic E-state index is -4.62. The molecule has 2 heterocycles. The number of primary amides is 1. The summed E-state index contributed by atoms with van der Waals surface area (Å²) < 4.78 is 46.1. The number of aromatic nitrogens is 2. The zero-order valence-electron chi connectivity index (χ0n) is 18.0. The number of carbonyl (C=O) groups excluding carboxylic acids is 3. The van der Waals surface area contributed by atoms with E-state index in [0.717, 1.165) is 24.2 Å². The molecule has 0 saturated heterocycles. The Kier molecular flexibility index (Phi) is 7.22. The van der Waals surface area contributed by atoms with Crippen molar-refractivity contribution in [2.45, 2.75) is 64.8 Å². The Balaban J connectivity index is 1.80. The molecule has 1 aliphatic rings. The van der Waals surface area contributed by atoms with E-state index in [-0.39, 0.29) is 44.4 Å². The Labute approximate surface area is 199 Å². The van der Waals surface area contributed by atoms with Crippen molar-refractivity contribution in [3.05, 3.63) is 31.9 Å². The van der Waals surface area contributed by atoms with Crippen LogP contribution in [0.25, 0.3) is 0 Å². The number of thiophene rings is 1. The van der Waals surface area contributed by atoms with Crippen molar-refractivity contribution < 1.29 is 32.3 Å². The van der Waals surface area contributed by atoms with Gasteiger partial charge in [-0.05, 0) is 55.1 Å². The first-order valence-electron chi connectivity index (χ1n) is 10.1. The lowest BCUT2D eigenvalue weighted by molar-refractivity contribution is -0.142. The van der Waals surface area contributed by atoms with Gasteiger partial charge in [-0.25, -0.2) is 4.79 Å². The fraction of sp³-hybridized carbons (Fsp3) is 0.500. The lowest BCUT2D eigenvalue weighted by Gasteiger charge is -2.11. The second-order valence-electron chi connectivity index (χ2n) is 7.92. The zero-order chi connectivity index (χ0) is 24.7. The van der Waals surface area contributed by atoms with Gasteiger partial charge in [0.15, 0.2) is 5.69 Å². The van der Waals surface area contributed by atoms with Crippen LogP contribution in [0.2, 0.25) is 0 Å². The van der Waals surface area contributed by atoms with Crippen LogP contribution < -0.4 is 11.1 Å². The third kappa shape index (κ3) is 5.57. The van der Waals surface area contributed by atoms with E-state index in [0.29, 0.717) is 5.69 Å². The van der Waals surface area contributed by atoms with E-state index in [1.807, 2.05) is 0 Å². The summed E-state index contributed by atoms with van der Waals surface area (Å²) in [7, 11) is 0. The normalized spacial score (nSPS) is 13.9. The van der Waals surface area contributed by atoms with Crippen LogP contribution >= 0.6 is 27.3 Å². The highest BCUT2D eigenvalue weighted by Crippen LogP contribution is 2.47. The van der Waals surface area contributed by atoms with Crippen LogP contribution in [-0.2, 0) is 22.3 Å². The Bertz CT molecular complexity index is 1110. The largest absolute Gasteiger partial charge is 0.459 e. The van der Waals surface area contributed by atoms with Crippen LogP contribution in [0.5, 0.6) is 0 Å². The van der Waals surface area contributed by atoms with E-state index in [2.05, 4.69) is 26.3 Å². The van der Waals surface area contributed by atoms with Crippen molar-refractivity contribution in [3.63, 3.8) is 0 Å². The van der Waals surface area contributed by atoms with Crippen molar-refractivity contribution in [1.29, 1.82) is 0 Å². The Hall–Kier alpha value is -2.41. The molecule has 13 heteroatoms. The first-order chi connectivity index (χ1) is 15.3. The Morgan fingerprint density at radius 2 is 1.97 bits per heavy atom. The van der Waals surface area contributed by atoms with E-state index in [1.54, 1.807) is 13.8 Å². The molecule has 1 fully saturated rings. The third-order valence-corrected chi connectivity index (χ3v) is 6.89. The number of hydrogen-bond acceptors (Lipinski definition) is 6. The minimum absolute atomic E-state index is 0.0238. The van der Waals surface area contributed by atoms with Gasteiger partial charge >= 0.3 is 12.1 Å². The molecule has 33 heavy (non-hydrogen) atoms. The van der Waals surface area contributed by atoms with Crippen molar-refractivity contribution in [1.82, 2.24) is 9.78 Å². The van der Waals surface area contributed by atoms with E-state index < -0.39 is 35.8 Å². The number of ether oxygens (including phenoxy) is 1.